The van der Waals surface area contributed by atoms with Crippen LogP contribution in [0.2, 0.25) is 0 Å². The molecule has 0 aromatic rings. The van der Waals surface area contributed by atoms with Gasteiger partial charge in [-0.3, -0.25) is 0 Å². The number of aldehydes is 1. The highest BCUT2D eigenvalue weighted by molar-refractivity contribution is 5.75. The second-order valence-electron chi connectivity index (χ2n) is 1.49. The van der Waals surface area contributed by atoms with Gasteiger partial charge in [0.05, 0.1) is 0 Å². The van der Waals surface area contributed by atoms with E-state index in [9.17, 15) is 4.79 Å². The first-order valence-electron chi connectivity index (χ1n) is 2.44. The Morgan fingerprint density at radius 2 is 2.25 bits per heavy atom. The van der Waals surface area contributed by atoms with Gasteiger partial charge in [-0.15, -0.1) is 0 Å². The molecule has 1 atom stereocenters. The molecule has 0 aromatic carbocycles. The van der Waals surface area contributed by atoms with Crippen molar-refractivity contribution in [2.24, 2.45) is 0 Å². The van der Waals surface area contributed by atoms with Crippen molar-refractivity contribution in [1.29, 1.82) is 0 Å². The predicted octanol–water partition coefficient (Wildman–Crippen LogP) is -0.570. The quantitative estimate of drug-likeness (QED) is 0.408. The van der Waals surface area contributed by atoms with E-state index in [2.05, 4.69) is 0 Å². The van der Waals surface area contributed by atoms with Crippen molar-refractivity contribution in [3.8, 4) is 0 Å². The van der Waals surface area contributed by atoms with Gasteiger partial charge in [-0.05, 0) is 6.42 Å². The SMILES string of the molecule is CCCC(O)C=O.[MgH2]. The molecule has 0 aliphatic carbocycles. The highest BCUT2D eigenvalue weighted by Gasteiger charge is 1.95. The number of hydrogen-bond donors (Lipinski definition) is 1. The van der Waals surface area contributed by atoms with Gasteiger partial charge in [0.25, 0.3) is 0 Å². The second kappa shape index (κ2) is 7.40. The third-order valence-electron chi connectivity index (χ3n) is 0.742. The van der Waals surface area contributed by atoms with Crippen LogP contribution in [0, 0.1) is 0 Å². The van der Waals surface area contributed by atoms with Gasteiger partial charge in [-0.1, -0.05) is 13.3 Å². The van der Waals surface area contributed by atoms with Crippen molar-refractivity contribution in [2.75, 3.05) is 0 Å². The minimum absolute atomic E-state index is 0. The van der Waals surface area contributed by atoms with Crippen LogP contribution in [0.5, 0.6) is 0 Å². The van der Waals surface area contributed by atoms with E-state index in [1.807, 2.05) is 6.92 Å². The van der Waals surface area contributed by atoms with E-state index in [0.29, 0.717) is 12.7 Å². The molecule has 0 amide bonds. The Hall–Kier alpha value is 0.396. The van der Waals surface area contributed by atoms with Crippen LogP contribution in [0.4, 0.5) is 0 Å². The van der Waals surface area contributed by atoms with Gasteiger partial charge < -0.3 is 9.90 Å². The van der Waals surface area contributed by atoms with Gasteiger partial charge in [0.1, 0.15) is 12.4 Å². The standard InChI is InChI=1S/C5H10O2.Mg.2H/c1-2-3-5(7)4-6;;;/h4-5,7H,2-3H2,1H3;;;. The molecule has 0 fully saturated rings. The molecule has 46 valence electrons. The summed E-state index contributed by atoms with van der Waals surface area (Å²) in [7, 11) is 0. The first kappa shape index (κ1) is 11.2. The Kier molecular flexibility index (Phi) is 10.4. The van der Waals surface area contributed by atoms with E-state index in [0.717, 1.165) is 6.42 Å². The Morgan fingerprint density at radius 3 is 2.38 bits per heavy atom. The second-order valence-corrected chi connectivity index (χ2v) is 1.49. The van der Waals surface area contributed by atoms with E-state index >= 15 is 0 Å². The molecule has 1 N–H and O–H groups in total. The molecule has 0 aromatic heterocycles. The highest BCUT2D eigenvalue weighted by Crippen LogP contribution is 1.89. The van der Waals surface area contributed by atoms with Crippen molar-refractivity contribution in [1.82, 2.24) is 0 Å². The average Bonchev–Trinajstić information content (AvgIpc) is 1.68. The summed E-state index contributed by atoms with van der Waals surface area (Å²) in [6, 6.07) is 0. The molecule has 0 saturated heterocycles. The van der Waals surface area contributed by atoms with Crippen LogP contribution in [0.25, 0.3) is 0 Å². The van der Waals surface area contributed by atoms with Crippen molar-refractivity contribution in [3.63, 3.8) is 0 Å². The molecule has 0 saturated carbocycles. The molecule has 3 heteroatoms. The summed E-state index contributed by atoms with van der Waals surface area (Å²) in [6.45, 7) is 1.92. The maximum absolute atomic E-state index is 9.64. The van der Waals surface area contributed by atoms with Crippen molar-refractivity contribution < 1.29 is 9.90 Å². The van der Waals surface area contributed by atoms with Crippen molar-refractivity contribution in [3.05, 3.63) is 0 Å². The average molecular weight is 128 g/mol. The monoisotopic (exact) mass is 128 g/mol. The zero-order valence-electron chi connectivity index (χ0n) is 4.42. The van der Waals surface area contributed by atoms with Crippen LogP contribution in [0.1, 0.15) is 19.8 Å². The number of hydrogen-bond acceptors (Lipinski definition) is 2. The fourth-order valence-corrected chi connectivity index (χ4v) is 0.364. The van der Waals surface area contributed by atoms with E-state index in [4.69, 9.17) is 5.11 Å². The summed E-state index contributed by atoms with van der Waals surface area (Å²) in [4.78, 5) is 9.64. The Morgan fingerprint density at radius 1 is 1.75 bits per heavy atom. The Balaban J connectivity index is 0. The Labute approximate surface area is 65.4 Å². The van der Waals surface area contributed by atoms with Gasteiger partial charge in [0, 0.05) is 0 Å². The van der Waals surface area contributed by atoms with Gasteiger partial charge >= 0.3 is 23.1 Å². The number of carbonyl (C=O) groups excluding carboxylic acids is 1. The summed E-state index contributed by atoms with van der Waals surface area (Å²) in [5.41, 5.74) is 0. The lowest BCUT2D eigenvalue weighted by atomic mass is 10.2. The zero-order chi connectivity index (χ0) is 5.70. The van der Waals surface area contributed by atoms with Gasteiger partial charge in [0.2, 0.25) is 0 Å². The maximum atomic E-state index is 9.64. The molecule has 2 nitrogen and oxygen atoms in total. The lowest BCUT2D eigenvalue weighted by Crippen LogP contribution is -2.05. The fraction of sp³-hybridized carbons (Fsp3) is 0.800. The number of aliphatic hydroxyl groups is 1. The van der Waals surface area contributed by atoms with Crippen LogP contribution in [0.3, 0.4) is 0 Å². The molecule has 0 aliphatic heterocycles. The van der Waals surface area contributed by atoms with E-state index in [1.165, 1.54) is 0 Å². The number of rotatable bonds is 3. The normalized spacial score (nSPS) is 11.8. The zero-order valence-corrected chi connectivity index (χ0v) is 4.42. The largest absolute Gasteiger partial charge is 0.386 e. The molecule has 0 aliphatic rings. The van der Waals surface area contributed by atoms with Crippen LogP contribution in [0.15, 0.2) is 0 Å². The summed E-state index contributed by atoms with van der Waals surface area (Å²) >= 11 is 0. The van der Waals surface area contributed by atoms with Crippen LogP contribution in [-0.2, 0) is 4.79 Å². The topological polar surface area (TPSA) is 37.3 Å². The van der Waals surface area contributed by atoms with Crippen LogP contribution in [-0.4, -0.2) is 40.5 Å². The van der Waals surface area contributed by atoms with E-state index in [1.54, 1.807) is 0 Å². The van der Waals surface area contributed by atoms with Crippen molar-refractivity contribution in [2.45, 2.75) is 25.9 Å². The number of aliphatic hydroxyl groups excluding tert-OH is 1. The van der Waals surface area contributed by atoms with E-state index < -0.39 is 6.10 Å². The highest BCUT2D eigenvalue weighted by atomic mass is 24.3. The van der Waals surface area contributed by atoms with Gasteiger partial charge in [0.15, 0.2) is 0 Å². The van der Waals surface area contributed by atoms with Gasteiger partial charge in [-0.25, -0.2) is 0 Å². The summed E-state index contributed by atoms with van der Waals surface area (Å²) < 4.78 is 0. The first-order chi connectivity index (χ1) is 3.31. The molecule has 1 unspecified atom stereocenters. The maximum Gasteiger partial charge on any atom is 0.316 e. The van der Waals surface area contributed by atoms with Crippen LogP contribution < -0.4 is 0 Å². The summed E-state index contributed by atoms with van der Waals surface area (Å²) in [6.07, 6.45) is 1.28. The smallest absolute Gasteiger partial charge is 0.316 e. The third-order valence-corrected chi connectivity index (χ3v) is 0.742. The summed E-state index contributed by atoms with van der Waals surface area (Å²) in [5, 5.41) is 8.49. The molecule has 0 spiro atoms. The van der Waals surface area contributed by atoms with Crippen molar-refractivity contribution >= 4 is 29.3 Å². The van der Waals surface area contributed by atoms with E-state index in [-0.39, 0.29) is 23.1 Å². The molecular weight excluding hydrogens is 116 g/mol. The van der Waals surface area contributed by atoms with Crippen LogP contribution >= 0.6 is 0 Å². The minimum Gasteiger partial charge on any atom is -0.386 e. The molecule has 0 bridgehead atoms. The summed E-state index contributed by atoms with van der Waals surface area (Å²) in [5.74, 6) is 0. The molecular formula is C5H12MgO2. The first-order valence-corrected chi connectivity index (χ1v) is 2.44. The molecule has 0 heterocycles. The lowest BCUT2D eigenvalue weighted by molar-refractivity contribution is -0.115. The molecule has 0 radical (unpaired) electrons. The predicted molar refractivity (Wildman–Crippen MR) is 35.5 cm³/mol. The Bertz CT molecular complexity index is 56.4. The number of carbonyl (C=O) groups is 1. The fourth-order valence-electron chi connectivity index (χ4n) is 0.364. The lowest BCUT2D eigenvalue weighted by Gasteiger charge is -1.94. The molecule has 0 rings (SSSR count). The minimum atomic E-state index is -0.731. The third kappa shape index (κ3) is 6.40. The van der Waals surface area contributed by atoms with Gasteiger partial charge in [-0.2, -0.15) is 0 Å². The molecule has 8 heavy (non-hydrogen) atoms.